The molecule has 3 rings (SSSR count). The first kappa shape index (κ1) is 15.5. The first-order valence-electron chi connectivity index (χ1n) is 7.20. The minimum absolute atomic E-state index is 0.110. The Kier molecular flexibility index (Phi) is 3.60. The van der Waals surface area contributed by atoms with Gasteiger partial charge in [0, 0.05) is 23.6 Å². The Morgan fingerprint density at radius 2 is 2.00 bits per heavy atom. The van der Waals surface area contributed by atoms with Gasteiger partial charge >= 0.3 is 5.97 Å². The lowest BCUT2D eigenvalue weighted by Gasteiger charge is -2.40. The quantitative estimate of drug-likeness (QED) is 0.721. The van der Waals surface area contributed by atoms with Gasteiger partial charge in [0.25, 0.3) is 5.56 Å². The highest BCUT2D eigenvalue weighted by Gasteiger charge is 2.51. The number of aromatic amines is 2. The molecule has 6 nitrogen and oxygen atoms in total. The van der Waals surface area contributed by atoms with Crippen molar-refractivity contribution in [2.45, 2.75) is 24.9 Å². The number of nitrogens with one attached hydrogen (secondary N) is 2. The monoisotopic (exact) mass is 320 g/mol. The minimum atomic E-state index is -1.41. The second-order valence-electron chi connectivity index (χ2n) is 6.04. The van der Waals surface area contributed by atoms with Crippen LogP contribution in [-0.2, 0) is 16.0 Å². The maximum Gasteiger partial charge on any atom is 0.312 e. The van der Waals surface area contributed by atoms with Gasteiger partial charge in [-0.15, -0.1) is 0 Å². The minimum Gasteiger partial charge on any atom is -0.469 e. The number of carbonyl (C=O) groups is 1. The van der Waals surface area contributed by atoms with Gasteiger partial charge in [-0.1, -0.05) is 12.1 Å². The van der Waals surface area contributed by atoms with Crippen LogP contribution >= 0.6 is 0 Å². The summed E-state index contributed by atoms with van der Waals surface area (Å²) in [6.45, 7) is 1.53. The smallest absolute Gasteiger partial charge is 0.312 e. The molecule has 1 aliphatic carbocycles. The predicted octanol–water partition coefficient (Wildman–Crippen LogP) is 1.07. The van der Waals surface area contributed by atoms with Crippen molar-refractivity contribution in [2.24, 2.45) is 5.92 Å². The van der Waals surface area contributed by atoms with E-state index in [1.54, 1.807) is 0 Å². The lowest BCUT2D eigenvalue weighted by Crippen LogP contribution is -2.49. The van der Waals surface area contributed by atoms with Gasteiger partial charge in [0.1, 0.15) is 5.82 Å². The highest BCUT2D eigenvalue weighted by Crippen LogP contribution is 2.44. The molecule has 122 valence electrons. The number of hydrogen-bond acceptors (Lipinski definition) is 4. The van der Waals surface area contributed by atoms with Crippen molar-refractivity contribution in [3.63, 3.8) is 0 Å². The number of aliphatic hydroxyl groups is 1. The number of halogens is 1. The average Bonchev–Trinajstić information content (AvgIpc) is 2.85. The third kappa shape index (κ3) is 2.46. The summed E-state index contributed by atoms with van der Waals surface area (Å²) < 4.78 is 18.1. The van der Waals surface area contributed by atoms with Gasteiger partial charge in [0.15, 0.2) is 0 Å². The van der Waals surface area contributed by atoms with Crippen LogP contribution < -0.4 is 5.56 Å². The van der Waals surface area contributed by atoms with Gasteiger partial charge in [-0.05, 0) is 24.6 Å². The number of benzene rings is 1. The molecule has 0 aliphatic heterocycles. The summed E-state index contributed by atoms with van der Waals surface area (Å²) in [6, 6.07) is 5.53. The van der Waals surface area contributed by atoms with E-state index in [1.165, 1.54) is 38.3 Å². The number of hydrogen-bond donors (Lipinski definition) is 3. The summed E-state index contributed by atoms with van der Waals surface area (Å²) in [5.41, 5.74) is -0.301. The van der Waals surface area contributed by atoms with E-state index in [-0.39, 0.29) is 12.0 Å². The number of aromatic nitrogens is 2. The molecule has 0 unspecified atom stereocenters. The first-order valence-corrected chi connectivity index (χ1v) is 7.20. The fourth-order valence-electron chi connectivity index (χ4n) is 3.41. The van der Waals surface area contributed by atoms with Crippen LogP contribution in [0.15, 0.2) is 29.1 Å². The van der Waals surface area contributed by atoms with Crippen molar-refractivity contribution in [3.05, 3.63) is 57.3 Å². The van der Waals surface area contributed by atoms with Crippen LogP contribution in [0.2, 0.25) is 0 Å². The van der Waals surface area contributed by atoms with E-state index >= 15 is 0 Å². The molecule has 2 aromatic rings. The molecule has 0 fully saturated rings. The van der Waals surface area contributed by atoms with E-state index in [2.05, 4.69) is 10.2 Å². The van der Waals surface area contributed by atoms with E-state index in [9.17, 15) is 19.1 Å². The summed E-state index contributed by atoms with van der Waals surface area (Å²) >= 11 is 0. The zero-order valence-corrected chi connectivity index (χ0v) is 12.7. The van der Waals surface area contributed by atoms with Crippen molar-refractivity contribution < 1.29 is 19.0 Å². The molecular weight excluding hydrogens is 303 g/mol. The fourth-order valence-corrected chi connectivity index (χ4v) is 3.41. The number of H-pyrrole nitrogens is 2. The lowest BCUT2D eigenvalue weighted by molar-refractivity contribution is -0.156. The van der Waals surface area contributed by atoms with Crippen molar-refractivity contribution in [1.82, 2.24) is 10.2 Å². The third-order valence-corrected chi connectivity index (χ3v) is 4.43. The molecule has 0 amide bonds. The molecular formula is C16H17FN2O4. The second kappa shape index (κ2) is 5.34. The first-order chi connectivity index (χ1) is 10.8. The largest absolute Gasteiger partial charge is 0.469 e. The van der Waals surface area contributed by atoms with E-state index in [0.29, 0.717) is 16.8 Å². The Bertz CT molecular complexity index is 791. The van der Waals surface area contributed by atoms with Crippen LogP contribution in [0.25, 0.3) is 0 Å². The zero-order chi connectivity index (χ0) is 16.8. The normalized spacial score (nSPS) is 26.6. The predicted molar refractivity (Wildman–Crippen MR) is 79.5 cm³/mol. The average molecular weight is 320 g/mol. The summed E-state index contributed by atoms with van der Waals surface area (Å²) in [5, 5.41) is 16.0. The molecule has 1 aromatic heterocycles. The van der Waals surface area contributed by atoms with E-state index in [0.717, 1.165) is 0 Å². The van der Waals surface area contributed by atoms with E-state index in [4.69, 9.17) is 4.74 Å². The molecule has 0 saturated heterocycles. The van der Waals surface area contributed by atoms with Crippen LogP contribution in [0.3, 0.4) is 0 Å². The van der Waals surface area contributed by atoms with Crippen LogP contribution in [0.1, 0.15) is 29.7 Å². The second-order valence-corrected chi connectivity index (χ2v) is 6.04. The SMILES string of the molecule is COC(=O)[C@H]1[C@H](c2ccc(F)cc2)c2c([nH][nH]c2=O)C[C@]1(C)O. The molecule has 1 aromatic carbocycles. The highest BCUT2D eigenvalue weighted by atomic mass is 19.1. The van der Waals surface area contributed by atoms with Gasteiger partial charge < -0.3 is 14.9 Å². The molecule has 7 heteroatoms. The maximum absolute atomic E-state index is 13.2. The lowest BCUT2D eigenvalue weighted by atomic mass is 9.66. The van der Waals surface area contributed by atoms with E-state index in [1.807, 2.05) is 0 Å². The van der Waals surface area contributed by atoms with Gasteiger partial charge in [-0.25, -0.2) is 4.39 Å². The van der Waals surface area contributed by atoms with E-state index < -0.39 is 29.2 Å². The fraction of sp³-hybridized carbons (Fsp3) is 0.375. The summed E-state index contributed by atoms with van der Waals surface area (Å²) in [5.74, 6) is -2.73. The number of rotatable bonds is 2. The van der Waals surface area contributed by atoms with Crippen LogP contribution in [-0.4, -0.2) is 34.0 Å². The van der Waals surface area contributed by atoms with Gasteiger partial charge in [-0.2, -0.15) is 0 Å². The Balaban J connectivity index is 2.24. The molecule has 0 radical (unpaired) electrons. The molecule has 3 atom stereocenters. The standard InChI is InChI=1S/C16H17FN2O4/c1-16(22)7-10-12(14(20)19-18-10)11(13(16)15(21)23-2)8-3-5-9(17)6-4-8/h3-6,11,13,22H,7H2,1-2H3,(H2,18,19,20)/t11-,13-,16+/m1/s1. The molecule has 3 N–H and O–H groups in total. The topological polar surface area (TPSA) is 95.2 Å². The van der Waals surface area contributed by atoms with Crippen molar-refractivity contribution in [1.29, 1.82) is 0 Å². The number of esters is 1. The number of carbonyl (C=O) groups excluding carboxylic acids is 1. The van der Waals surface area contributed by atoms with Crippen LogP contribution in [0.5, 0.6) is 0 Å². The maximum atomic E-state index is 13.2. The van der Waals surface area contributed by atoms with Gasteiger partial charge in [-0.3, -0.25) is 14.7 Å². The molecule has 1 aliphatic rings. The third-order valence-electron chi connectivity index (χ3n) is 4.43. The Hall–Kier alpha value is -2.41. The summed E-state index contributed by atoms with van der Waals surface area (Å²) in [7, 11) is 1.23. The van der Waals surface area contributed by atoms with Crippen LogP contribution in [0.4, 0.5) is 4.39 Å². The zero-order valence-electron chi connectivity index (χ0n) is 12.7. The van der Waals surface area contributed by atoms with Crippen molar-refractivity contribution in [2.75, 3.05) is 7.11 Å². The highest BCUT2D eigenvalue weighted by molar-refractivity contribution is 5.77. The van der Waals surface area contributed by atoms with Crippen molar-refractivity contribution >= 4 is 5.97 Å². The Morgan fingerprint density at radius 3 is 2.61 bits per heavy atom. The molecule has 0 saturated carbocycles. The Morgan fingerprint density at radius 1 is 1.35 bits per heavy atom. The molecule has 0 spiro atoms. The summed E-state index contributed by atoms with van der Waals surface area (Å²) in [4.78, 5) is 24.5. The Labute approximate surface area is 131 Å². The molecule has 23 heavy (non-hydrogen) atoms. The van der Waals surface area contributed by atoms with Crippen LogP contribution in [0, 0.1) is 11.7 Å². The molecule has 1 heterocycles. The number of fused-ring (bicyclic) bond motifs is 1. The van der Waals surface area contributed by atoms with Gasteiger partial charge in [0.05, 0.1) is 18.6 Å². The van der Waals surface area contributed by atoms with Gasteiger partial charge in [0.2, 0.25) is 0 Å². The molecule has 0 bridgehead atoms. The number of ether oxygens (including phenoxy) is 1. The van der Waals surface area contributed by atoms with Crippen molar-refractivity contribution in [3.8, 4) is 0 Å². The summed E-state index contributed by atoms with van der Waals surface area (Å²) in [6.07, 6.45) is 0.110. The number of methoxy groups -OCH3 is 1.